The van der Waals surface area contributed by atoms with Gasteiger partial charge in [-0.05, 0) is 31.9 Å². The molecule has 1 aliphatic rings. The summed E-state index contributed by atoms with van der Waals surface area (Å²) in [6, 6.07) is 3.43. The van der Waals surface area contributed by atoms with Crippen LogP contribution in [0.3, 0.4) is 0 Å². The van der Waals surface area contributed by atoms with Crippen LogP contribution in [0, 0.1) is 0 Å². The third-order valence-corrected chi connectivity index (χ3v) is 3.49. The van der Waals surface area contributed by atoms with Gasteiger partial charge in [-0.2, -0.15) is 0 Å². The molecular formula is C14H20ClN3O. The highest BCUT2D eigenvalue weighted by Crippen LogP contribution is 2.18. The Balaban J connectivity index is 2.17. The Labute approximate surface area is 119 Å². The van der Waals surface area contributed by atoms with E-state index in [1.54, 1.807) is 12.1 Å². The van der Waals surface area contributed by atoms with E-state index in [1.807, 2.05) is 11.8 Å². The minimum Gasteiger partial charge on any atom is -0.370 e. The predicted molar refractivity (Wildman–Crippen MR) is 77.8 cm³/mol. The van der Waals surface area contributed by atoms with E-state index in [1.165, 1.54) is 12.8 Å². The summed E-state index contributed by atoms with van der Waals surface area (Å²) in [6.45, 7) is 4.42. The Morgan fingerprint density at radius 2 is 2.00 bits per heavy atom. The molecule has 1 saturated heterocycles. The van der Waals surface area contributed by atoms with Gasteiger partial charge in [0.2, 0.25) is 0 Å². The number of likely N-dealkylation sites (tertiary alicyclic amines) is 1. The predicted octanol–water partition coefficient (Wildman–Crippen LogP) is 3.18. The molecule has 0 spiro atoms. The van der Waals surface area contributed by atoms with Gasteiger partial charge in [0.25, 0.3) is 5.91 Å². The molecule has 1 fully saturated rings. The number of nitrogens with one attached hydrogen (secondary N) is 1. The van der Waals surface area contributed by atoms with E-state index >= 15 is 0 Å². The van der Waals surface area contributed by atoms with Crippen LogP contribution in [0.25, 0.3) is 0 Å². The fourth-order valence-corrected chi connectivity index (χ4v) is 2.56. The Morgan fingerprint density at radius 3 is 2.63 bits per heavy atom. The number of carbonyl (C=O) groups is 1. The number of rotatable bonds is 3. The van der Waals surface area contributed by atoms with Crippen LogP contribution in [0.1, 0.15) is 43.0 Å². The Hall–Kier alpha value is -1.29. The first-order valence-corrected chi connectivity index (χ1v) is 7.29. The maximum absolute atomic E-state index is 12.5. The van der Waals surface area contributed by atoms with Gasteiger partial charge in [0.05, 0.1) is 0 Å². The molecule has 0 aromatic carbocycles. The van der Waals surface area contributed by atoms with Gasteiger partial charge in [-0.25, -0.2) is 4.98 Å². The third-order valence-electron chi connectivity index (χ3n) is 3.29. The lowest BCUT2D eigenvalue weighted by Gasteiger charge is -2.20. The van der Waals surface area contributed by atoms with Crippen molar-refractivity contribution < 1.29 is 4.79 Å². The van der Waals surface area contributed by atoms with Gasteiger partial charge >= 0.3 is 0 Å². The summed E-state index contributed by atoms with van der Waals surface area (Å²) in [4.78, 5) is 18.6. The Kier molecular flexibility index (Phi) is 5.02. The van der Waals surface area contributed by atoms with E-state index in [-0.39, 0.29) is 5.91 Å². The molecule has 1 N–H and O–H groups in total. The molecule has 5 heteroatoms. The fraction of sp³-hybridized carbons (Fsp3) is 0.571. The van der Waals surface area contributed by atoms with Crippen LogP contribution in [0.5, 0.6) is 0 Å². The lowest BCUT2D eigenvalue weighted by molar-refractivity contribution is 0.0761. The van der Waals surface area contributed by atoms with Crippen LogP contribution in [0.2, 0.25) is 5.15 Å². The van der Waals surface area contributed by atoms with E-state index in [4.69, 9.17) is 11.6 Å². The van der Waals surface area contributed by atoms with Crippen molar-refractivity contribution in [1.82, 2.24) is 9.88 Å². The lowest BCUT2D eigenvalue weighted by atomic mass is 10.2. The average Bonchev–Trinajstić information content (AvgIpc) is 2.66. The van der Waals surface area contributed by atoms with Crippen LogP contribution in [0.4, 0.5) is 5.82 Å². The smallest absolute Gasteiger partial charge is 0.254 e. The summed E-state index contributed by atoms with van der Waals surface area (Å²) >= 11 is 5.98. The monoisotopic (exact) mass is 281 g/mol. The summed E-state index contributed by atoms with van der Waals surface area (Å²) in [7, 11) is 0. The second-order valence-electron chi connectivity index (χ2n) is 4.80. The average molecular weight is 282 g/mol. The van der Waals surface area contributed by atoms with Crippen molar-refractivity contribution >= 4 is 23.3 Å². The maximum Gasteiger partial charge on any atom is 0.254 e. The minimum absolute atomic E-state index is 0.0605. The maximum atomic E-state index is 12.5. The molecule has 0 atom stereocenters. The molecule has 2 rings (SSSR count). The number of amides is 1. The molecule has 0 aliphatic carbocycles. The zero-order valence-corrected chi connectivity index (χ0v) is 12.0. The Morgan fingerprint density at radius 1 is 1.32 bits per heavy atom. The summed E-state index contributed by atoms with van der Waals surface area (Å²) in [5, 5.41) is 3.45. The number of anilines is 1. The SMILES string of the molecule is CCNc1cc(C(=O)N2CCCCCC2)cc(Cl)n1. The van der Waals surface area contributed by atoms with Gasteiger partial charge in [-0.3, -0.25) is 4.79 Å². The number of halogens is 1. The lowest BCUT2D eigenvalue weighted by Crippen LogP contribution is -2.31. The van der Waals surface area contributed by atoms with Crippen LogP contribution in [-0.4, -0.2) is 35.4 Å². The standard InChI is InChI=1S/C14H20ClN3O/c1-2-16-13-10-11(9-12(15)17-13)14(19)18-7-5-3-4-6-8-18/h9-10H,2-8H2,1H3,(H,16,17). The number of pyridine rings is 1. The van der Waals surface area contributed by atoms with Crippen LogP contribution < -0.4 is 5.32 Å². The number of hydrogen-bond acceptors (Lipinski definition) is 3. The summed E-state index contributed by atoms with van der Waals surface area (Å²) in [5.74, 6) is 0.721. The number of aromatic nitrogens is 1. The molecule has 0 unspecified atom stereocenters. The van der Waals surface area contributed by atoms with Crippen molar-refractivity contribution in [2.45, 2.75) is 32.6 Å². The van der Waals surface area contributed by atoms with Gasteiger partial charge in [0.15, 0.2) is 0 Å². The zero-order chi connectivity index (χ0) is 13.7. The quantitative estimate of drug-likeness (QED) is 0.866. The molecule has 1 amide bonds. The Bertz CT molecular complexity index is 442. The molecule has 0 saturated carbocycles. The van der Waals surface area contributed by atoms with Gasteiger partial charge < -0.3 is 10.2 Å². The normalized spacial score (nSPS) is 16.0. The zero-order valence-electron chi connectivity index (χ0n) is 11.3. The molecule has 1 aromatic heterocycles. The van der Waals surface area contributed by atoms with Gasteiger partial charge in [0.1, 0.15) is 11.0 Å². The molecule has 1 aliphatic heterocycles. The van der Waals surface area contributed by atoms with Gasteiger partial charge in [0, 0.05) is 25.2 Å². The molecule has 19 heavy (non-hydrogen) atoms. The first kappa shape index (κ1) is 14.1. The fourth-order valence-electron chi connectivity index (χ4n) is 2.35. The summed E-state index contributed by atoms with van der Waals surface area (Å²) in [6.07, 6.45) is 4.60. The highest BCUT2D eigenvalue weighted by Gasteiger charge is 2.18. The molecular weight excluding hydrogens is 262 g/mol. The van der Waals surface area contributed by atoms with Crippen LogP contribution in [0.15, 0.2) is 12.1 Å². The van der Waals surface area contributed by atoms with Gasteiger partial charge in [-0.15, -0.1) is 0 Å². The number of nitrogens with zero attached hydrogens (tertiary/aromatic N) is 2. The number of hydrogen-bond donors (Lipinski definition) is 1. The van der Waals surface area contributed by atoms with E-state index in [9.17, 15) is 4.79 Å². The largest absolute Gasteiger partial charge is 0.370 e. The van der Waals surface area contributed by atoms with Crippen molar-refractivity contribution in [2.24, 2.45) is 0 Å². The van der Waals surface area contributed by atoms with Crippen molar-refractivity contribution in [2.75, 3.05) is 25.0 Å². The first-order chi connectivity index (χ1) is 9.20. The van der Waals surface area contributed by atoms with E-state index in [2.05, 4.69) is 10.3 Å². The van der Waals surface area contributed by atoms with E-state index < -0.39 is 0 Å². The summed E-state index contributed by atoms with van der Waals surface area (Å²) in [5.41, 5.74) is 0.623. The summed E-state index contributed by atoms with van der Waals surface area (Å²) < 4.78 is 0. The van der Waals surface area contributed by atoms with E-state index in [0.717, 1.165) is 32.5 Å². The van der Waals surface area contributed by atoms with Gasteiger partial charge in [-0.1, -0.05) is 24.4 Å². The highest BCUT2D eigenvalue weighted by atomic mass is 35.5. The molecule has 0 bridgehead atoms. The van der Waals surface area contributed by atoms with E-state index in [0.29, 0.717) is 16.5 Å². The molecule has 2 heterocycles. The molecule has 4 nitrogen and oxygen atoms in total. The molecule has 104 valence electrons. The van der Waals surface area contributed by atoms with Crippen molar-refractivity contribution in [1.29, 1.82) is 0 Å². The van der Waals surface area contributed by atoms with Crippen LogP contribution >= 0.6 is 11.6 Å². The van der Waals surface area contributed by atoms with Crippen molar-refractivity contribution in [3.63, 3.8) is 0 Å². The van der Waals surface area contributed by atoms with Crippen molar-refractivity contribution in [3.05, 3.63) is 22.8 Å². The third kappa shape index (κ3) is 3.83. The van der Waals surface area contributed by atoms with Crippen molar-refractivity contribution in [3.8, 4) is 0 Å². The molecule has 1 aromatic rings. The molecule has 0 radical (unpaired) electrons. The second-order valence-corrected chi connectivity index (χ2v) is 5.19. The minimum atomic E-state index is 0.0605. The van der Waals surface area contributed by atoms with Crippen LogP contribution in [-0.2, 0) is 0 Å². The topological polar surface area (TPSA) is 45.2 Å². The number of carbonyl (C=O) groups excluding carboxylic acids is 1. The second kappa shape index (κ2) is 6.75. The first-order valence-electron chi connectivity index (χ1n) is 6.91. The highest BCUT2D eigenvalue weighted by molar-refractivity contribution is 6.29.